The number of likely N-dealkylation sites (tertiary alicyclic amines) is 1. The number of piperidine rings is 1. The van der Waals surface area contributed by atoms with Crippen LogP contribution in [0.3, 0.4) is 0 Å². The quantitative estimate of drug-likeness (QED) is 0.874. The van der Waals surface area contributed by atoms with Crippen LogP contribution in [-0.4, -0.2) is 47.4 Å². The molecule has 0 atom stereocenters. The van der Waals surface area contributed by atoms with Gasteiger partial charge in [0.1, 0.15) is 5.75 Å². The van der Waals surface area contributed by atoms with E-state index in [1.807, 2.05) is 0 Å². The van der Waals surface area contributed by atoms with Crippen molar-refractivity contribution in [2.45, 2.75) is 18.9 Å². The van der Waals surface area contributed by atoms with Crippen molar-refractivity contribution in [1.29, 1.82) is 0 Å². The van der Waals surface area contributed by atoms with Gasteiger partial charge in [-0.1, -0.05) is 11.6 Å². The third-order valence-corrected chi connectivity index (χ3v) is 4.53. The van der Waals surface area contributed by atoms with Gasteiger partial charge in [-0.3, -0.25) is 14.6 Å². The van der Waals surface area contributed by atoms with Crippen LogP contribution in [0, 0.1) is 0 Å². The molecule has 0 aliphatic carbocycles. The van der Waals surface area contributed by atoms with E-state index in [4.69, 9.17) is 16.3 Å². The van der Waals surface area contributed by atoms with Crippen LogP contribution in [0.25, 0.3) is 0 Å². The van der Waals surface area contributed by atoms with Gasteiger partial charge in [0.2, 0.25) is 0 Å². The third kappa shape index (κ3) is 4.95. The Morgan fingerprint density at radius 1 is 1.19 bits per heavy atom. The van der Waals surface area contributed by atoms with E-state index in [2.05, 4.69) is 10.3 Å². The highest BCUT2D eigenvalue weighted by Gasteiger charge is 2.24. The number of hydrogen-bond donors (Lipinski definition) is 1. The van der Waals surface area contributed by atoms with Gasteiger partial charge in [-0.05, 0) is 49.2 Å². The highest BCUT2D eigenvalue weighted by Crippen LogP contribution is 2.16. The number of carbonyl (C=O) groups is 2. The second kappa shape index (κ2) is 8.67. The van der Waals surface area contributed by atoms with Crippen molar-refractivity contribution in [3.63, 3.8) is 0 Å². The summed E-state index contributed by atoms with van der Waals surface area (Å²) in [6, 6.07) is 10.4. The molecule has 3 rings (SSSR count). The summed E-state index contributed by atoms with van der Waals surface area (Å²) in [5.74, 6) is 0.423. The molecule has 1 saturated heterocycles. The molecule has 6 nitrogen and oxygen atoms in total. The van der Waals surface area contributed by atoms with Crippen molar-refractivity contribution in [3.8, 4) is 5.75 Å². The number of nitrogens with zero attached hydrogens (tertiary/aromatic N) is 2. The van der Waals surface area contributed by atoms with Gasteiger partial charge in [0, 0.05) is 36.5 Å². The third-order valence-electron chi connectivity index (χ3n) is 4.28. The van der Waals surface area contributed by atoms with E-state index < -0.39 is 0 Å². The highest BCUT2D eigenvalue weighted by molar-refractivity contribution is 6.30. The number of pyridine rings is 1. The van der Waals surface area contributed by atoms with E-state index in [1.54, 1.807) is 53.7 Å². The van der Waals surface area contributed by atoms with Crippen LogP contribution < -0.4 is 10.1 Å². The van der Waals surface area contributed by atoms with Gasteiger partial charge in [-0.15, -0.1) is 0 Å². The normalized spacial score (nSPS) is 14.7. The molecule has 7 heteroatoms. The fraction of sp³-hybridized carbons (Fsp3) is 0.316. The standard InChI is InChI=1S/C19H20ClN3O3/c20-15-3-5-17(6-4-15)26-13-18(24)23-10-7-16(8-11-23)22-19(25)14-2-1-9-21-12-14/h1-6,9,12,16H,7-8,10-11,13H2,(H,22,25). The van der Waals surface area contributed by atoms with E-state index in [-0.39, 0.29) is 24.5 Å². The summed E-state index contributed by atoms with van der Waals surface area (Å²) in [7, 11) is 0. The average Bonchev–Trinajstić information content (AvgIpc) is 2.68. The second-order valence-electron chi connectivity index (χ2n) is 6.11. The second-order valence-corrected chi connectivity index (χ2v) is 6.55. The first-order valence-electron chi connectivity index (χ1n) is 8.49. The lowest BCUT2D eigenvalue weighted by molar-refractivity contribution is -0.134. The summed E-state index contributed by atoms with van der Waals surface area (Å²) >= 11 is 5.82. The molecule has 0 unspecified atom stereocenters. The van der Waals surface area contributed by atoms with Crippen molar-refractivity contribution < 1.29 is 14.3 Å². The fourth-order valence-corrected chi connectivity index (χ4v) is 2.93. The van der Waals surface area contributed by atoms with E-state index >= 15 is 0 Å². The van der Waals surface area contributed by atoms with E-state index in [9.17, 15) is 9.59 Å². The van der Waals surface area contributed by atoms with Crippen molar-refractivity contribution in [3.05, 3.63) is 59.4 Å². The van der Waals surface area contributed by atoms with Gasteiger partial charge in [-0.2, -0.15) is 0 Å². The Kier molecular flexibility index (Phi) is 6.07. The highest BCUT2D eigenvalue weighted by atomic mass is 35.5. The summed E-state index contributed by atoms with van der Waals surface area (Å²) in [4.78, 5) is 30.1. The van der Waals surface area contributed by atoms with Crippen molar-refractivity contribution >= 4 is 23.4 Å². The maximum absolute atomic E-state index is 12.3. The summed E-state index contributed by atoms with van der Waals surface area (Å²) in [5.41, 5.74) is 0.544. The first-order valence-corrected chi connectivity index (χ1v) is 8.86. The number of benzene rings is 1. The largest absolute Gasteiger partial charge is 0.484 e. The molecule has 0 spiro atoms. The molecule has 0 bridgehead atoms. The molecule has 1 aliphatic rings. The maximum atomic E-state index is 12.3. The Bertz CT molecular complexity index is 744. The Labute approximate surface area is 157 Å². The zero-order valence-corrected chi connectivity index (χ0v) is 15.0. The smallest absolute Gasteiger partial charge is 0.260 e. The first-order chi connectivity index (χ1) is 12.6. The summed E-state index contributed by atoms with van der Waals surface area (Å²) in [6.07, 6.45) is 4.62. The molecule has 1 aromatic carbocycles. The zero-order valence-electron chi connectivity index (χ0n) is 14.2. The molecular weight excluding hydrogens is 354 g/mol. The molecule has 1 N–H and O–H groups in total. The molecule has 26 heavy (non-hydrogen) atoms. The number of rotatable bonds is 5. The van der Waals surface area contributed by atoms with Gasteiger partial charge in [0.25, 0.3) is 11.8 Å². The van der Waals surface area contributed by atoms with Crippen LogP contribution in [0.5, 0.6) is 5.75 Å². The van der Waals surface area contributed by atoms with Crippen molar-refractivity contribution in [1.82, 2.24) is 15.2 Å². The van der Waals surface area contributed by atoms with E-state index in [1.165, 1.54) is 0 Å². The SMILES string of the molecule is O=C(NC1CCN(C(=O)COc2ccc(Cl)cc2)CC1)c1cccnc1. The average molecular weight is 374 g/mol. The molecule has 136 valence electrons. The van der Waals surface area contributed by atoms with Crippen LogP contribution >= 0.6 is 11.6 Å². The van der Waals surface area contributed by atoms with E-state index in [0.717, 1.165) is 12.8 Å². The number of nitrogens with one attached hydrogen (secondary N) is 1. The predicted octanol–water partition coefficient (Wildman–Crippen LogP) is 2.53. The van der Waals surface area contributed by atoms with Crippen LogP contribution in [0.1, 0.15) is 23.2 Å². The molecular formula is C19H20ClN3O3. The van der Waals surface area contributed by atoms with Crippen LogP contribution in [0.15, 0.2) is 48.8 Å². The minimum atomic E-state index is -0.131. The molecule has 1 fully saturated rings. The molecule has 2 amide bonds. The van der Waals surface area contributed by atoms with Gasteiger partial charge in [0.05, 0.1) is 5.56 Å². The molecule has 0 radical (unpaired) electrons. The predicted molar refractivity (Wildman–Crippen MR) is 98.3 cm³/mol. The number of halogens is 1. The molecule has 1 aromatic heterocycles. The Hall–Kier alpha value is -2.60. The lowest BCUT2D eigenvalue weighted by Crippen LogP contribution is -2.47. The molecule has 2 heterocycles. The van der Waals surface area contributed by atoms with Crippen molar-refractivity contribution in [2.75, 3.05) is 19.7 Å². The number of hydrogen-bond acceptors (Lipinski definition) is 4. The van der Waals surface area contributed by atoms with E-state index in [0.29, 0.717) is 29.4 Å². The Balaban J connectivity index is 1.42. The lowest BCUT2D eigenvalue weighted by Gasteiger charge is -2.32. The number of aromatic nitrogens is 1. The fourth-order valence-electron chi connectivity index (χ4n) is 2.81. The first kappa shape index (κ1) is 18.2. The minimum absolute atomic E-state index is 0.00561. The Morgan fingerprint density at radius 3 is 2.58 bits per heavy atom. The molecule has 0 saturated carbocycles. The van der Waals surface area contributed by atoms with Gasteiger partial charge in [0.15, 0.2) is 6.61 Å². The molecule has 1 aliphatic heterocycles. The van der Waals surface area contributed by atoms with Crippen LogP contribution in [-0.2, 0) is 4.79 Å². The van der Waals surface area contributed by atoms with Gasteiger partial charge < -0.3 is 15.0 Å². The summed E-state index contributed by atoms with van der Waals surface area (Å²) in [5, 5.41) is 3.62. The van der Waals surface area contributed by atoms with Crippen molar-refractivity contribution in [2.24, 2.45) is 0 Å². The minimum Gasteiger partial charge on any atom is -0.484 e. The zero-order chi connectivity index (χ0) is 18.4. The van der Waals surface area contributed by atoms with Gasteiger partial charge in [-0.25, -0.2) is 0 Å². The lowest BCUT2D eigenvalue weighted by atomic mass is 10.0. The maximum Gasteiger partial charge on any atom is 0.260 e. The number of ether oxygens (including phenoxy) is 1. The van der Waals surface area contributed by atoms with Gasteiger partial charge >= 0.3 is 0 Å². The number of amides is 2. The molecule has 2 aromatic rings. The number of carbonyl (C=O) groups excluding carboxylic acids is 2. The van der Waals surface area contributed by atoms with Crippen LogP contribution in [0.4, 0.5) is 0 Å². The Morgan fingerprint density at radius 2 is 1.92 bits per heavy atom. The topological polar surface area (TPSA) is 71.5 Å². The monoisotopic (exact) mass is 373 g/mol. The van der Waals surface area contributed by atoms with Crippen LogP contribution in [0.2, 0.25) is 5.02 Å². The summed E-state index contributed by atoms with van der Waals surface area (Å²) < 4.78 is 5.50. The summed E-state index contributed by atoms with van der Waals surface area (Å²) in [6.45, 7) is 1.19.